The van der Waals surface area contributed by atoms with Crippen LogP contribution in [-0.4, -0.2) is 9.55 Å². The van der Waals surface area contributed by atoms with Crippen molar-refractivity contribution >= 4 is 11.0 Å². The maximum atomic E-state index is 8.51. The van der Waals surface area contributed by atoms with Gasteiger partial charge in [0.05, 0.1) is 17.1 Å². The van der Waals surface area contributed by atoms with Crippen LogP contribution < -0.4 is 0 Å². The Morgan fingerprint density at radius 1 is 1.43 bits per heavy atom. The largest absolute Gasteiger partial charge is 0.331 e. The smallest absolute Gasteiger partial charge is 0.110 e. The number of hydrogen-bond acceptors (Lipinski definition) is 2. The van der Waals surface area contributed by atoms with E-state index < -0.39 is 0 Å². The summed E-state index contributed by atoms with van der Waals surface area (Å²) < 4.78 is 2.05. The lowest BCUT2D eigenvalue weighted by Crippen LogP contribution is -1.96. The van der Waals surface area contributed by atoms with Crippen LogP contribution in [0.25, 0.3) is 11.0 Å². The van der Waals surface area contributed by atoms with Gasteiger partial charge in [-0.2, -0.15) is 5.26 Å². The molecule has 0 fully saturated rings. The second-order valence-corrected chi connectivity index (χ2v) is 3.23. The van der Waals surface area contributed by atoms with Gasteiger partial charge in [0.2, 0.25) is 0 Å². The maximum Gasteiger partial charge on any atom is 0.110 e. The first kappa shape index (κ1) is 8.76. The van der Waals surface area contributed by atoms with E-state index in [1.807, 2.05) is 35.9 Å². The van der Waals surface area contributed by atoms with Crippen LogP contribution in [0, 0.1) is 11.3 Å². The van der Waals surface area contributed by atoms with Crippen molar-refractivity contribution in [2.45, 2.75) is 12.8 Å². The monoisotopic (exact) mass is 185 g/mol. The van der Waals surface area contributed by atoms with Crippen LogP contribution in [0.1, 0.15) is 12.2 Å². The van der Waals surface area contributed by atoms with Gasteiger partial charge in [0.15, 0.2) is 0 Å². The minimum Gasteiger partial charge on any atom is -0.331 e. The second kappa shape index (κ2) is 3.51. The van der Waals surface area contributed by atoms with Crippen LogP contribution in [0.4, 0.5) is 0 Å². The fourth-order valence-corrected chi connectivity index (χ4v) is 1.59. The van der Waals surface area contributed by atoms with Crippen LogP contribution in [0.3, 0.4) is 0 Å². The molecule has 1 aromatic heterocycles. The molecular weight excluding hydrogens is 174 g/mol. The number of hydrogen-bond donors (Lipinski definition) is 0. The molecule has 0 bridgehead atoms. The third-order valence-electron chi connectivity index (χ3n) is 2.34. The Hall–Kier alpha value is -1.82. The van der Waals surface area contributed by atoms with Crippen molar-refractivity contribution in [2.24, 2.45) is 7.05 Å². The van der Waals surface area contributed by atoms with Gasteiger partial charge in [0.1, 0.15) is 5.82 Å². The SMILES string of the molecule is Cn1c(CCC#N)nc2ccccc21. The summed E-state index contributed by atoms with van der Waals surface area (Å²) in [5.74, 6) is 0.979. The lowest BCUT2D eigenvalue weighted by atomic mass is 10.3. The number of nitrogens with zero attached hydrogens (tertiary/aromatic N) is 3. The summed E-state index contributed by atoms with van der Waals surface area (Å²) in [5, 5.41) is 8.51. The van der Waals surface area contributed by atoms with Crippen molar-refractivity contribution < 1.29 is 0 Å². The Bertz CT molecular complexity index is 491. The van der Waals surface area contributed by atoms with E-state index in [0.717, 1.165) is 23.3 Å². The van der Waals surface area contributed by atoms with Crippen molar-refractivity contribution in [1.82, 2.24) is 9.55 Å². The van der Waals surface area contributed by atoms with Crippen molar-refractivity contribution in [3.8, 4) is 6.07 Å². The molecule has 0 saturated heterocycles. The molecule has 0 atom stereocenters. The van der Waals surface area contributed by atoms with Gasteiger partial charge in [0, 0.05) is 19.9 Å². The molecule has 70 valence electrons. The molecule has 0 unspecified atom stereocenters. The van der Waals surface area contributed by atoms with Gasteiger partial charge in [-0.3, -0.25) is 0 Å². The lowest BCUT2D eigenvalue weighted by Gasteiger charge is -1.98. The van der Waals surface area contributed by atoms with Crippen LogP contribution in [0.2, 0.25) is 0 Å². The van der Waals surface area contributed by atoms with Gasteiger partial charge in [0.25, 0.3) is 0 Å². The molecule has 0 aliphatic carbocycles. The Kier molecular flexibility index (Phi) is 2.19. The van der Waals surface area contributed by atoms with E-state index in [9.17, 15) is 0 Å². The third kappa shape index (κ3) is 1.35. The molecule has 0 saturated carbocycles. The first-order chi connectivity index (χ1) is 6.83. The number of imidazole rings is 1. The van der Waals surface area contributed by atoms with E-state index in [1.54, 1.807) is 0 Å². The molecular formula is C11H11N3. The van der Waals surface area contributed by atoms with Crippen molar-refractivity contribution in [1.29, 1.82) is 5.26 Å². The van der Waals surface area contributed by atoms with Crippen LogP contribution in [0.5, 0.6) is 0 Å². The Balaban J connectivity index is 2.47. The molecule has 2 aromatic rings. The van der Waals surface area contributed by atoms with Crippen molar-refractivity contribution in [2.75, 3.05) is 0 Å². The molecule has 0 radical (unpaired) electrons. The van der Waals surface area contributed by atoms with E-state index >= 15 is 0 Å². The number of benzene rings is 1. The van der Waals surface area contributed by atoms with Gasteiger partial charge < -0.3 is 4.57 Å². The maximum absolute atomic E-state index is 8.51. The first-order valence-corrected chi connectivity index (χ1v) is 4.60. The lowest BCUT2D eigenvalue weighted by molar-refractivity contribution is 0.801. The van der Waals surface area contributed by atoms with E-state index in [-0.39, 0.29) is 0 Å². The molecule has 3 heteroatoms. The normalized spacial score (nSPS) is 10.3. The van der Waals surface area contributed by atoms with Crippen LogP contribution in [0.15, 0.2) is 24.3 Å². The number of para-hydroxylation sites is 2. The summed E-state index contributed by atoms with van der Waals surface area (Å²) in [4.78, 5) is 4.46. The minimum atomic E-state index is 0.525. The third-order valence-corrected chi connectivity index (χ3v) is 2.34. The fraction of sp³-hybridized carbons (Fsp3) is 0.273. The minimum absolute atomic E-state index is 0.525. The molecule has 2 rings (SSSR count). The summed E-state index contributed by atoms with van der Waals surface area (Å²) >= 11 is 0. The standard InChI is InChI=1S/C11H11N3/c1-14-10-6-3-2-5-9(10)13-11(14)7-4-8-12/h2-3,5-6H,4,7H2,1H3. The van der Waals surface area contributed by atoms with Gasteiger partial charge in [-0.15, -0.1) is 0 Å². The highest BCUT2D eigenvalue weighted by Crippen LogP contribution is 2.14. The number of rotatable bonds is 2. The van der Waals surface area contributed by atoms with E-state index in [1.165, 1.54) is 0 Å². The first-order valence-electron chi connectivity index (χ1n) is 4.60. The number of aromatic nitrogens is 2. The van der Waals surface area contributed by atoms with Gasteiger partial charge in [-0.05, 0) is 12.1 Å². The zero-order valence-corrected chi connectivity index (χ0v) is 8.07. The Morgan fingerprint density at radius 2 is 2.21 bits per heavy atom. The van der Waals surface area contributed by atoms with E-state index in [0.29, 0.717) is 6.42 Å². The highest BCUT2D eigenvalue weighted by atomic mass is 15.1. The quantitative estimate of drug-likeness (QED) is 0.718. The van der Waals surface area contributed by atoms with Gasteiger partial charge in [-0.1, -0.05) is 12.1 Å². The second-order valence-electron chi connectivity index (χ2n) is 3.23. The summed E-state index contributed by atoms with van der Waals surface area (Å²) in [6.07, 6.45) is 1.25. The molecule has 3 nitrogen and oxygen atoms in total. The fourth-order valence-electron chi connectivity index (χ4n) is 1.59. The Morgan fingerprint density at radius 3 is 2.93 bits per heavy atom. The number of aryl methyl sites for hydroxylation is 2. The zero-order valence-electron chi connectivity index (χ0n) is 8.07. The summed E-state index contributed by atoms with van der Waals surface area (Å²) in [6.45, 7) is 0. The average Bonchev–Trinajstić information content (AvgIpc) is 2.54. The number of fused-ring (bicyclic) bond motifs is 1. The molecule has 1 aromatic carbocycles. The molecule has 0 aliphatic rings. The summed E-state index contributed by atoms with van der Waals surface area (Å²) in [6, 6.07) is 10.1. The van der Waals surface area contributed by atoms with Gasteiger partial charge in [-0.25, -0.2) is 4.98 Å². The summed E-state index contributed by atoms with van der Waals surface area (Å²) in [7, 11) is 1.99. The predicted octanol–water partition coefficient (Wildman–Crippen LogP) is 2.03. The van der Waals surface area contributed by atoms with Crippen molar-refractivity contribution in [3.05, 3.63) is 30.1 Å². The Labute approximate surface area is 82.6 Å². The predicted molar refractivity (Wildman–Crippen MR) is 54.6 cm³/mol. The molecule has 0 N–H and O–H groups in total. The highest BCUT2D eigenvalue weighted by molar-refractivity contribution is 5.75. The molecule has 14 heavy (non-hydrogen) atoms. The summed E-state index contributed by atoms with van der Waals surface area (Å²) in [5.41, 5.74) is 2.13. The molecule has 0 aliphatic heterocycles. The molecule has 0 amide bonds. The highest BCUT2D eigenvalue weighted by Gasteiger charge is 2.05. The van der Waals surface area contributed by atoms with E-state index in [4.69, 9.17) is 5.26 Å². The zero-order chi connectivity index (χ0) is 9.97. The van der Waals surface area contributed by atoms with Crippen LogP contribution in [-0.2, 0) is 13.5 Å². The number of nitriles is 1. The topological polar surface area (TPSA) is 41.6 Å². The van der Waals surface area contributed by atoms with Crippen molar-refractivity contribution in [3.63, 3.8) is 0 Å². The molecule has 0 spiro atoms. The van der Waals surface area contributed by atoms with E-state index in [2.05, 4.69) is 11.1 Å². The average molecular weight is 185 g/mol. The van der Waals surface area contributed by atoms with Gasteiger partial charge >= 0.3 is 0 Å². The molecule has 1 heterocycles. The van der Waals surface area contributed by atoms with Crippen LogP contribution >= 0.6 is 0 Å².